The molecule has 0 aromatic carbocycles. The number of halogens is 1. The number of nitrogens with two attached hydrogens (primary N) is 1. The van der Waals surface area contributed by atoms with Crippen LogP contribution in [0.25, 0.3) is 0 Å². The molecule has 0 bridgehead atoms. The van der Waals surface area contributed by atoms with Gasteiger partial charge in [-0.2, -0.15) is 0 Å². The largest absolute Gasteiger partial charge is 0.378 e. The second-order valence-corrected chi connectivity index (χ2v) is 6.87. The van der Waals surface area contributed by atoms with E-state index in [1.165, 1.54) is 0 Å². The molecule has 1 aliphatic rings. The van der Waals surface area contributed by atoms with E-state index in [0.717, 1.165) is 10.3 Å². The first kappa shape index (κ1) is 16.4. The Morgan fingerprint density at radius 2 is 2.24 bits per heavy atom. The van der Waals surface area contributed by atoms with Crippen LogP contribution >= 0.6 is 15.9 Å². The lowest BCUT2D eigenvalue weighted by molar-refractivity contribution is -0.166. The van der Waals surface area contributed by atoms with Crippen LogP contribution in [0.5, 0.6) is 0 Å². The van der Waals surface area contributed by atoms with Crippen molar-refractivity contribution in [1.82, 2.24) is 4.98 Å². The van der Waals surface area contributed by atoms with Gasteiger partial charge in [0, 0.05) is 18.4 Å². The van der Waals surface area contributed by atoms with Crippen LogP contribution in [0.15, 0.2) is 16.7 Å². The van der Waals surface area contributed by atoms with Gasteiger partial charge in [-0.3, -0.25) is 4.79 Å². The molecule has 3 N–H and O–H groups in total. The zero-order valence-corrected chi connectivity index (χ0v) is 14.5. The van der Waals surface area contributed by atoms with Gasteiger partial charge in [0.25, 0.3) is 0 Å². The summed E-state index contributed by atoms with van der Waals surface area (Å²) >= 11 is 3.30. The number of carbonyl (C=O) groups is 1. The SMILES string of the molecule is CCOC1CC(N)(C(=O)Nc2ccc(Br)nc2C)C1(C)C. The van der Waals surface area contributed by atoms with Crippen molar-refractivity contribution in [3.05, 3.63) is 22.4 Å². The van der Waals surface area contributed by atoms with Gasteiger partial charge in [-0.25, -0.2) is 4.98 Å². The number of ether oxygens (including phenoxy) is 1. The van der Waals surface area contributed by atoms with Gasteiger partial charge in [-0.1, -0.05) is 13.8 Å². The first-order valence-electron chi connectivity index (χ1n) is 7.07. The zero-order valence-electron chi connectivity index (χ0n) is 12.9. The summed E-state index contributed by atoms with van der Waals surface area (Å²) in [7, 11) is 0. The number of anilines is 1. The van der Waals surface area contributed by atoms with E-state index in [1.54, 1.807) is 6.07 Å². The molecule has 0 saturated heterocycles. The molecule has 1 aromatic rings. The average molecular weight is 356 g/mol. The molecular weight excluding hydrogens is 334 g/mol. The van der Waals surface area contributed by atoms with Crippen molar-refractivity contribution in [3.8, 4) is 0 Å². The number of nitrogens with zero attached hydrogens (tertiary/aromatic N) is 1. The first-order valence-corrected chi connectivity index (χ1v) is 7.86. The van der Waals surface area contributed by atoms with Crippen molar-refractivity contribution < 1.29 is 9.53 Å². The molecule has 0 radical (unpaired) electrons. The number of nitrogens with one attached hydrogen (secondary N) is 1. The zero-order chi connectivity index (χ0) is 15.8. The molecule has 1 amide bonds. The Morgan fingerprint density at radius 1 is 1.57 bits per heavy atom. The molecule has 1 aromatic heterocycles. The third-order valence-corrected chi connectivity index (χ3v) is 4.98. The molecular formula is C15H22BrN3O2. The lowest BCUT2D eigenvalue weighted by Crippen LogP contribution is -2.74. The standard InChI is InChI=1S/C15H22BrN3O2/c1-5-21-11-8-15(17,14(11,3)4)13(20)19-10-6-7-12(16)18-9(10)2/h6-7,11H,5,8,17H2,1-4H3,(H,19,20). The second-order valence-electron chi connectivity index (χ2n) is 6.06. The van der Waals surface area contributed by atoms with Crippen LogP contribution in [0.3, 0.4) is 0 Å². The summed E-state index contributed by atoms with van der Waals surface area (Å²) in [6, 6.07) is 3.61. The Labute approximate surface area is 133 Å². The minimum absolute atomic E-state index is 0.0161. The Kier molecular flexibility index (Phi) is 4.42. The van der Waals surface area contributed by atoms with Crippen molar-refractivity contribution in [2.75, 3.05) is 11.9 Å². The van der Waals surface area contributed by atoms with E-state index in [0.29, 0.717) is 18.7 Å². The molecule has 116 valence electrons. The summed E-state index contributed by atoms with van der Waals surface area (Å²) in [5.41, 5.74) is 6.46. The van der Waals surface area contributed by atoms with Crippen LogP contribution in [0.2, 0.25) is 0 Å². The van der Waals surface area contributed by atoms with E-state index in [2.05, 4.69) is 26.2 Å². The molecule has 1 aliphatic carbocycles. The van der Waals surface area contributed by atoms with Crippen molar-refractivity contribution in [3.63, 3.8) is 0 Å². The Bertz CT molecular complexity index is 562. The summed E-state index contributed by atoms with van der Waals surface area (Å²) in [5, 5.41) is 2.90. The highest BCUT2D eigenvalue weighted by atomic mass is 79.9. The Balaban J connectivity index is 2.14. The molecule has 1 saturated carbocycles. The fraction of sp³-hybridized carbons (Fsp3) is 0.600. The highest BCUT2D eigenvalue weighted by Gasteiger charge is 2.62. The summed E-state index contributed by atoms with van der Waals surface area (Å²) < 4.78 is 6.39. The van der Waals surface area contributed by atoms with Crippen LogP contribution in [-0.4, -0.2) is 29.1 Å². The van der Waals surface area contributed by atoms with Gasteiger partial charge >= 0.3 is 0 Å². The number of hydrogen-bond donors (Lipinski definition) is 2. The lowest BCUT2D eigenvalue weighted by atomic mass is 9.54. The number of rotatable bonds is 4. The fourth-order valence-electron chi connectivity index (χ4n) is 2.72. The first-order chi connectivity index (χ1) is 9.72. The van der Waals surface area contributed by atoms with Gasteiger partial charge in [-0.15, -0.1) is 0 Å². The Hall–Kier alpha value is -0.980. The molecule has 6 heteroatoms. The number of amides is 1. The lowest BCUT2D eigenvalue weighted by Gasteiger charge is -2.57. The van der Waals surface area contributed by atoms with E-state index in [1.807, 2.05) is 33.8 Å². The third kappa shape index (κ3) is 2.72. The molecule has 1 heterocycles. The van der Waals surface area contributed by atoms with Gasteiger partial charge < -0.3 is 15.8 Å². The minimum atomic E-state index is -0.924. The highest BCUT2D eigenvalue weighted by molar-refractivity contribution is 9.10. The van der Waals surface area contributed by atoms with E-state index in [9.17, 15) is 4.79 Å². The minimum Gasteiger partial charge on any atom is -0.378 e. The van der Waals surface area contributed by atoms with Crippen LogP contribution < -0.4 is 11.1 Å². The Morgan fingerprint density at radius 3 is 2.76 bits per heavy atom. The predicted octanol–water partition coefficient (Wildman–Crippen LogP) is 2.62. The number of hydrogen-bond acceptors (Lipinski definition) is 4. The molecule has 5 nitrogen and oxygen atoms in total. The third-order valence-electron chi connectivity index (χ3n) is 4.54. The quantitative estimate of drug-likeness (QED) is 0.813. The average Bonchev–Trinajstić information content (AvgIpc) is 2.41. The molecule has 2 unspecified atom stereocenters. The van der Waals surface area contributed by atoms with Gasteiger partial charge in [0.1, 0.15) is 10.1 Å². The molecule has 21 heavy (non-hydrogen) atoms. The molecule has 2 rings (SSSR count). The number of pyridine rings is 1. The highest BCUT2D eigenvalue weighted by Crippen LogP contribution is 2.50. The van der Waals surface area contributed by atoms with Gasteiger partial charge in [-0.05, 0) is 41.9 Å². The van der Waals surface area contributed by atoms with Gasteiger partial charge in [0.2, 0.25) is 5.91 Å². The fourth-order valence-corrected chi connectivity index (χ4v) is 3.12. The normalized spacial score (nSPS) is 27.0. The van der Waals surface area contributed by atoms with E-state index < -0.39 is 11.0 Å². The molecule has 0 spiro atoms. The van der Waals surface area contributed by atoms with E-state index in [-0.39, 0.29) is 12.0 Å². The van der Waals surface area contributed by atoms with Crippen molar-refractivity contribution in [1.29, 1.82) is 0 Å². The van der Waals surface area contributed by atoms with E-state index in [4.69, 9.17) is 10.5 Å². The summed E-state index contributed by atoms with van der Waals surface area (Å²) in [5.74, 6) is -0.185. The maximum absolute atomic E-state index is 12.6. The second kappa shape index (κ2) is 5.66. The number of aromatic nitrogens is 1. The van der Waals surface area contributed by atoms with Crippen molar-refractivity contribution in [2.45, 2.75) is 45.8 Å². The molecule has 1 fully saturated rings. The number of carbonyl (C=O) groups excluding carboxylic acids is 1. The van der Waals surface area contributed by atoms with Crippen LogP contribution in [0, 0.1) is 12.3 Å². The van der Waals surface area contributed by atoms with Crippen LogP contribution in [-0.2, 0) is 9.53 Å². The number of aryl methyl sites for hydroxylation is 1. The van der Waals surface area contributed by atoms with Crippen molar-refractivity contribution in [2.24, 2.45) is 11.1 Å². The van der Waals surface area contributed by atoms with E-state index >= 15 is 0 Å². The summed E-state index contributed by atoms with van der Waals surface area (Å²) in [6.45, 7) is 8.37. The maximum atomic E-state index is 12.6. The predicted molar refractivity (Wildman–Crippen MR) is 86.0 cm³/mol. The topological polar surface area (TPSA) is 77.2 Å². The van der Waals surface area contributed by atoms with Crippen LogP contribution in [0.1, 0.15) is 32.9 Å². The molecule has 0 aliphatic heterocycles. The van der Waals surface area contributed by atoms with Gasteiger partial charge in [0.05, 0.1) is 17.5 Å². The monoisotopic (exact) mass is 355 g/mol. The van der Waals surface area contributed by atoms with Crippen LogP contribution in [0.4, 0.5) is 5.69 Å². The summed E-state index contributed by atoms with van der Waals surface area (Å²) in [4.78, 5) is 16.9. The van der Waals surface area contributed by atoms with Gasteiger partial charge in [0.15, 0.2) is 0 Å². The molecule has 2 atom stereocenters. The summed E-state index contributed by atoms with van der Waals surface area (Å²) in [6.07, 6.45) is 0.547. The smallest absolute Gasteiger partial charge is 0.245 e. The van der Waals surface area contributed by atoms with Crippen molar-refractivity contribution >= 4 is 27.5 Å². The maximum Gasteiger partial charge on any atom is 0.245 e.